The van der Waals surface area contributed by atoms with Crippen molar-refractivity contribution < 1.29 is 19.1 Å². The maximum atomic E-state index is 12.2. The molecule has 2 rings (SSSR count). The average Bonchev–Trinajstić information content (AvgIpc) is 2.97. The highest BCUT2D eigenvalue weighted by atomic mass is 16.4. The van der Waals surface area contributed by atoms with Gasteiger partial charge in [0, 0.05) is 13.1 Å². The molecule has 1 amide bonds. The molecule has 5 heteroatoms. The summed E-state index contributed by atoms with van der Waals surface area (Å²) in [6.07, 6.45) is 0.974. The summed E-state index contributed by atoms with van der Waals surface area (Å²) in [5, 5.41) is 8.78. The first-order chi connectivity index (χ1) is 8.79. The molecule has 104 valence electrons. The summed E-state index contributed by atoms with van der Waals surface area (Å²) in [4.78, 5) is 24.7. The molecular formula is C14H19NO4. The van der Waals surface area contributed by atoms with Crippen LogP contribution in [0.4, 0.5) is 0 Å². The van der Waals surface area contributed by atoms with Crippen LogP contribution in [-0.4, -0.2) is 35.0 Å². The van der Waals surface area contributed by atoms with Crippen LogP contribution in [0.5, 0.6) is 0 Å². The maximum absolute atomic E-state index is 12.2. The number of carboxylic acid groups (broad SMARTS) is 1. The van der Waals surface area contributed by atoms with Crippen molar-refractivity contribution in [2.75, 3.05) is 13.1 Å². The number of likely N-dealkylation sites (tertiary alicyclic amines) is 1. The summed E-state index contributed by atoms with van der Waals surface area (Å²) in [5.41, 5.74) is 0.171. The van der Waals surface area contributed by atoms with E-state index in [0.29, 0.717) is 19.0 Å². The summed E-state index contributed by atoms with van der Waals surface area (Å²) >= 11 is 0. The van der Waals surface area contributed by atoms with Crippen molar-refractivity contribution in [2.45, 2.75) is 27.2 Å². The van der Waals surface area contributed by atoms with Crippen LogP contribution in [0.3, 0.4) is 0 Å². The second-order valence-electron chi connectivity index (χ2n) is 6.07. The molecule has 1 aromatic heterocycles. The zero-order chi connectivity index (χ0) is 14.2. The summed E-state index contributed by atoms with van der Waals surface area (Å²) in [7, 11) is 0. The highest BCUT2D eigenvalue weighted by Crippen LogP contribution is 2.34. The molecule has 1 aliphatic heterocycles. The van der Waals surface area contributed by atoms with Crippen molar-refractivity contribution in [3.05, 3.63) is 23.7 Å². The number of carboxylic acids is 1. The lowest BCUT2D eigenvalue weighted by Gasteiger charge is -2.26. The van der Waals surface area contributed by atoms with E-state index in [1.54, 1.807) is 4.90 Å². The lowest BCUT2D eigenvalue weighted by Crippen LogP contribution is -2.30. The largest absolute Gasteiger partial charge is 0.475 e. The van der Waals surface area contributed by atoms with Crippen molar-refractivity contribution in [2.24, 2.45) is 11.3 Å². The molecule has 1 aromatic rings. The van der Waals surface area contributed by atoms with Crippen LogP contribution < -0.4 is 0 Å². The third kappa shape index (κ3) is 2.80. The zero-order valence-corrected chi connectivity index (χ0v) is 11.5. The highest BCUT2D eigenvalue weighted by molar-refractivity contribution is 5.93. The van der Waals surface area contributed by atoms with Crippen LogP contribution >= 0.6 is 0 Å². The van der Waals surface area contributed by atoms with Gasteiger partial charge in [-0.1, -0.05) is 20.8 Å². The van der Waals surface area contributed by atoms with Gasteiger partial charge in [0.2, 0.25) is 5.76 Å². The maximum Gasteiger partial charge on any atom is 0.371 e. The van der Waals surface area contributed by atoms with E-state index >= 15 is 0 Å². The number of aromatic carboxylic acids is 1. The fourth-order valence-electron chi connectivity index (χ4n) is 2.38. The van der Waals surface area contributed by atoms with Crippen LogP contribution in [0.2, 0.25) is 0 Å². The Morgan fingerprint density at radius 1 is 1.32 bits per heavy atom. The Labute approximate surface area is 112 Å². The van der Waals surface area contributed by atoms with Gasteiger partial charge in [0.25, 0.3) is 5.91 Å². The molecular weight excluding hydrogens is 246 g/mol. The van der Waals surface area contributed by atoms with E-state index in [-0.39, 0.29) is 22.8 Å². The molecule has 1 N–H and O–H groups in total. The van der Waals surface area contributed by atoms with Crippen molar-refractivity contribution in [3.63, 3.8) is 0 Å². The van der Waals surface area contributed by atoms with E-state index in [1.165, 1.54) is 12.1 Å². The normalized spacial score (nSPS) is 19.7. The molecule has 0 spiro atoms. The second kappa shape index (κ2) is 4.72. The third-order valence-electron chi connectivity index (χ3n) is 3.73. The molecule has 19 heavy (non-hydrogen) atoms. The number of furan rings is 1. The SMILES string of the molecule is CC(C)(C)C1CCN(C(=O)c2ccc(C(=O)O)o2)C1. The van der Waals surface area contributed by atoms with Gasteiger partial charge in [-0.3, -0.25) is 4.79 Å². The van der Waals surface area contributed by atoms with Gasteiger partial charge in [-0.2, -0.15) is 0 Å². The molecule has 0 aromatic carbocycles. The highest BCUT2D eigenvalue weighted by Gasteiger charge is 2.35. The molecule has 0 saturated carbocycles. The van der Waals surface area contributed by atoms with Crippen molar-refractivity contribution in [1.29, 1.82) is 0 Å². The lowest BCUT2D eigenvalue weighted by molar-refractivity contribution is 0.0652. The van der Waals surface area contributed by atoms with Gasteiger partial charge in [0.1, 0.15) is 0 Å². The van der Waals surface area contributed by atoms with Crippen molar-refractivity contribution in [3.8, 4) is 0 Å². The first kappa shape index (κ1) is 13.6. The quantitative estimate of drug-likeness (QED) is 0.891. The molecule has 1 saturated heterocycles. The van der Waals surface area contributed by atoms with Gasteiger partial charge in [0.05, 0.1) is 0 Å². The predicted molar refractivity (Wildman–Crippen MR) is 69.1 cm³/mol. The molecule has 1 aliphatic rings. The summed E-state index contributed by atoms with van der Waals surface area (Å²) in [6.45, 7) is 7.90. The van der Waals surface area contributed by atoms with E-state index in [1.807, 2.05) is 0 Å². The topological polar surface area (TPSA) is 70.8 Å². The van der Waals surface area contributed by atoms with Gasteiger partial charge < -0.3 is 14.4 Å². The van der Waals surface area contributed by atoms with Gasteiger partial charge in [-0.05, 0) is 29.9 Å². The summed E-state index contributed by atoms with van der Waals surface area (Å²) in [5.74, 6) is -1.01. The number of rotatable bonds is 2. The Balaban J connectivity index is 2.07. The van der Waals surface area contributed by atoms with Crippen molar-refractivity contribution in [1.82, 2.24) is 4.90 Å². The zero-order valence-electron chi connectivity index (χ0n) is 11.5. The summed E-state index contributed by atoms with van der Waals surface area (Å²) in [6, 6.07) is 2.74. The molecule has 0 bridgehead atoms. The van der Waals surface area contributed by atoms with E-state index < -0.39 is 5.97 Å². The van der Waals surface area contributed by atoms with E-state index in [4.69, 9.17) is 9.52 Å². The number of hydrogen-bond acceptors (Lipinski definition) is 3. The number of carbonyl (C=O) groups is 2. The minimum Gasteiger partial charge on any atom is -0.475 e. The molecule has 2 heterocycles. The van der Waals surface area contributed by atoms with Gasteiger partial charge >= 0.3 is 5.97 Å². The predicted octanol–water partition coefficient (Wildman–Crippen LogP) is 2.49. The molecule has 5 nitrogen and oxygen atoms in total. The Kier molecular flexibility index (Phi) is 3.39. The first-order valence-electron chi connectivity index (χ1n) is 6.41. The van der Waals surface area contributed by atoms with E-state index in [0.717, 1.165) is 6.42 Å². The van der Waals surface area contributed by atoms with Gasteiger partial charge in [-0.25, -0.2) is 4.79 Å². The smallest absolute Gasteiger partial charge is 0.371 e. The first-order valence-corrected chi connectivity index (χ1v) is 6.41. The van der Waals surface area contributed by atoms with Crippen LogP contribution in [0.15, 0.2) is 16.5 Å². The number of hydrogen-bond donors (Lipinski definition) is 1. The Morgan fingerprint density at radius 3 is 2.42 bits per heavy atom. The molecule has 1 atom stereocenters. The molecule has 1 unspecified atom stereocenters. The average molecular weight is 265 g/mol. The molecule has 0 radical (unpaired) electrons. The Hall–Kier alpha value is -1.78. The number of carbonyl (C=O) groups excluding carboxylic acids is 1. The van der Waals surface area contributed by atoms with Crippen molar-refractivity contribution >= 4 is 11.9 Å². The third-order valence-corrected chi connectivity index (χ3v) is 3.73. The lowest BCUT2D eigenvalue weighted by atomic mass is 9.80. The Bertz CT molecular complexity index is 498. The number of amides is 1. The van der Waals surface area contributed by atoms with Gasteiger partial charge in [-0.15, -0.1) is 0 Å². The fourth-order valence-corrected chi connectivity index (χ4v) is 2.38. The van der Waals surface area contributed by atoms with Crippen LogP contribution in [0.1, 0.15) is 48.3 Å². The van der Waals surface area contributed by atoms with Crippen LogP contribution in [0, 0.1) is 11.3 Å². The molecule has 1 fully saturated rings. The fraction of sp³-hybridized carbons (Fsp3) is 0.571. The second-order valence-corrected chi connectivity index (χ2v) is 6.07. The van der Waals surface area contributed by atoms with E-state index in [9.17, 15) is 9.59 Å². The van der Waals surface area contributed by atoms with E-state index in [2.05, 4.69) is 20.8 Å². The monoisotopic (exact) mass is 265 g/mol. The summed E-state index contributed by atoms with van der Waals surface area (Å²) < 4.78 is 5.05. The minimum absolute atomic E-state index is 0.104. The Morgan fingerprint density at radius 2 is 1.95 bits per heavy atom. The van der Waals surface area contributed by atoms with Crippen LogP contribution in [0.25, 0.3) is 0 Å². The van der Waals surface area contributed by atoms with Gasteiger partial charge in [0.15, 0.2) is 5.76 Å². The number of nitrogens with zero attached hydrogens (tertiary/aromatic N) is 1. The standard InChI is InChI=1S/C14H19NO4/c1-14(2,3)9-6-7-15(8-9)12(16)10-4-5-11(19-10)13(17)18/h4-5,9H,6-8H2,1-3H3,(H,17,18). The minimum atomic E-state index is -1.16. The molecule has 0 aliphatic carbocycles. The van der Waals surface area contributed by atoms with Crippen LogP contribution in [-0.2, 0) is 0 Å².